The van der Waals surface area contributed by atoms with E-state index in [4.69, 9.17) is 10.5 Å². The number of benzene rings is 1. The maximum Gasteiger partial charge on any atom is 0.338 e. The minimum atomic E-state index is -2.72. The fraction of sp³-hybridized carbons (Fsp3) is 0.538. The van der Waals surface area contributed by atoms with E-state index in [1.54, 1.807) is 14.1 Å². The zero-order chi connectivity index (χ0) is 27.4. The lowest BCUT2D eigenvalue weighted by Crippen LogP contribution is -2.73. The quantitative estimate of drug-likeness (QED) is 0.197. The number of primary amides is 1. The number of phenolic OH excluding ortho intramolecular Hbond substituents is 1. The number of ether oxygens (including phenoxy) is 1. The van der Waals surface area contributed by atoms with Crippen molar-refractivity contribution in [1.29, 1.82) is 0 Å². The monoisotopic (exact) mass is 516 g/mol. The Labute approximate surface area is 213 Å². The molecule has 11 heteroatoms. The number of amides is 1. The predicted molar refractivity (Wildman–Crippen MR) is 129 cm³/mol. The highest BCUT2D eigenvalue weighted by Crippen LogP contribution is 2.52. The molecule has 2 fully saturated rings. The maximum atomic E-state index is 13.8. The molecule has 3 aliphatic rings. The molecule has 0 aromatic heterocycles. The molecule has 3 unspecified atom stereocenters. The first-order valence-electron chi connectivity index (χ1n) is 12.3. The van der Waals surface area contributed by atoms with Gasteiger partial charge in [-0.25, -0.2) is 4.79 Å². The van der Waals surface area contributed by atoms with Crippen molar-refractivity contribution in [2.75, 3.05) is 20.7 Å². The molecule has 0 aliphatic heterocycles. The number of carbonyl (C=O) groups is 4. The molecule has 6 N–H and O–H groups in total. The van der Waals surface area contributed by atoms with Gasteiger partial charge in [0.25, 0.3) is 0 Å². The van der Waals surface area contributed by atoms with Crippen LogP contribution in [0, 0.1) is 17.8 Å². The Morgan fingerprint density at radius 2 is 1.89 bits per heavy atom. The van der Waals surface area contributed by atoms with Crippen molar-refractivity contribution in [3.8, 4) is 5.75 Å². The number of aliphatic hydroxyl groups excluding tert-OH is 2. The number of phenols is 1. The molecule has 0 spiro atoms. The van der Waals surface area contributed by atoms with Crippen LogP contribution in [-0.4, -0.2) is 87.2 Å². The van der Waals surface area contributed by atoms with Crippen LogP contribution in [0.3, 0.4) is 0 Å². The number of aromatic hydroxyl groups is 1. The first kappa shape index (κ1) is 26.8. The number of Topliss-reactive ketones (excluding diaryl/α,β-unsaturated/α-hetero) is 2. The van der Waals surface area contributed by atoms with Crippen LogP contribution in [0.2, 0.25) is 0 Å². The largest absolute Gasteiger partial charge is 0.507 e. The van der Waals surface area contributed by atoms with Crippen LogP contribution in [-0.2, 0) is 25.5 Å². The Balaban J connectivity index is 1.86. The van der Waals surface area contributed by atoms with Gasteiger partial charge in [0.2, 0.25) is 11.7 Å². The van der Waals surface area contributed by atoms with Gasteiger partial charge in [-0.05, 0) is 57.0 Å². The van der Waals surface area contributed by atoms with Crippen molar-refractivity contribution in [2.24, 2.45) is 23.5 Å². The summed E-state index contributed by atoms with van der Waals surface area (Å²) in [5.41, 5.74) is 2.63. The lowest BCUT2D eigenvalue weighted by atomic mass is 9.54. The Hall–Kier alpha value is -3.28. The zero-order valence-corrected chi connectivity index (χ0v) is 20.9. The molecule has 1 amide bonds. The highest BCUT2D eigenvalue weighted by Gasteiger charge is 2.67. The number of fused-ring (bicyclic) bond motifs is 3. The topological polar surface area (TPSA) is 188 Å². The third-order valence-electron chi connectivity index (χ3n) is 7.92. The molecule has 37 heavy (non-hydrogen) atoms. The molecule has 11 nitrogen and oxygen atoms in total. The van der Waals surface area contributed by atoms with Crippen molar-refractivity contribution in [3.05, 3.63) is 34.4 Å². The summed E-state index contributed by atoms with van der Waals surface area (Å²) in [6.07, 6.45) is -0.0908. The summed E-state index contributed by atoms with van der Waals surface area (Å²) >= 11 is 0. The van der Waals surface area contributed by atoms with Crippen LogP contribution in [0.4, 0.5) is 0 Å². The molecular formula is C26H32N2O9. The molecule has 2 saturated carbocycles. The third kappa shape index (κ3) is 3.92. The maximum absolute atomic E-state index is 13.8. The van der Waals surface area contributed by atoms with Gasteiger partial charge in [0.1, 0.15) is 17.4 Å². The van der Waals surface area contributed by atoms with E-state index in [0.717, 1.165) is 6.42 Å². The Morgan fingerprint density at radius 1 is 1.22 bits per heavy atom. The van der Waals surface area contributed by atoms with E-state index in [2.05, 4.69) is 0 Å². The highest BCUT2D eigenvalue weighted by atomic mass is 16.5. The number of carbonyl (C=O) groups excluding carboxylic acids is 4. The fourth-order valence-electron chi connectivity index (χ4n) is 6.18. The van der Waals surface area contributed by atoms with Crippen molar-refractivity contribution in [1.82, 2.24) is 4.90 Å². The fourth-order valence-corrected chi connectivity index (χ4v) is 6.18. The Morgan fingerprint density at radius 3 is 2.49 bits per heavy atom. The number of ketones is 2. The summed E-state index contributed by atoms with van der Waals surface area (Å²) in [5, 5.41) is 44.2. The van der Waals surface area contributed by atoms with Gasteiger partial charge < -0.3 is 35.8 Å². The average Bonchev–Trinajstić information content (AvgIpc) is 2.81. The van der Waals surface area contributed by atoms with Gasteiger partial charge in [0.05, 0.1) is 23.8 Å². The minimum absolute atomic E-state index is 0.0296. The second kappa shape index (κ2) is 9.55. The van der Waals surface area contributed by atoms with E-state index >= 15 is 0 Å². The summed E-state index contributed by atoms with van der Waals surface area (Å²) in [6, 6.07) is 1.59. The molecule has 6 atom stereocenters. The van der Waals surface area contributed by atoms with E-state index in [0.29, 0.717) is 6.42 Å². The number of likely N-dealkylation sites (N-methyl/N-ethyl adjacent to an activating group) is 1. The van der Waals surface area contributed by atoms with Crippen LogP contribution in [0.5, 0.6) is 5.75 Å². The first-order valence-corrected chi connectivity index (χ1v) is 12.3. The van der Waals surface area contributed by atoms with Crippen molar-refractivity contribution in [3.63, 3.8) is 0 Å². The number of rotatable bonds is 6. The summed E-state index contributed by atoms with van der Waals surface area (Å²) in [7, 11) is 3.15. The van der Waals surface area contributed by atoms with E-state index < -0.39 is 70.5 Å². The van der Waals surface area contributed by atoms with E-state index in [1.807, 2.05) is 6.92 Å². The van der Waals surface area contributed by atoms with E-state index in [1.165, 1.54) is 17.0 Å². The van der Waals surface area contributed by atoms with Crippen molar-refractivity contribution >= 4 is 29.2 Å². The van der Waals surface area contributed by atoms with Crippen molar-refractivity contribution in [2.45, 2.75) is 50.4 Å². The number of nitrogens with zero attached hydrogens (tertiary/aromatic N) is 1. The molecule has 1 aromatic carbocycles. The van der Waals surface area contributed by atoms with Crippen LogP contribution in [0.25, 0.3) is 5.76 Å². The zero-order valence-electron chi connectivity index (χ0n) is 20.9. The number of esters is 1. The van der Waals surface area contributed by atoms with Crippen LogP contribution < -0.4 is 5.73 Å². The summed E-state index contributed by atoms with van der Waals surface area (Å²) in [6.45, 7) is 2.14. The van der Waals surface area contributed by atoms with Gasteiger partial charge in [-0.15, -0.1) is 0 Å². The molecule has 4 rings (SSSR count). The molecule has 0 saturated heterocycles. The predicted octanol–water partition coefficient (Wildman–Crippen LogP) is 0.0859. The normalized spacial score (nSPS) is 31.0. The minimum Gasteiger partial charge on any atom is -0.507 e. The van der Waals surface area contributed by atoms with E-state index in [-0.39, 0.29) is 41.7 Å². The second-order valence-electron chi connectivity index (χ2n) is 10.3. The van der Waals surface area contributed by atoms with Crippen LogP contribution in [0.15, 0.2) is 17.7 Å². The average molecular weight is 517 g/mol. The summed E-state index contributed by atoms with van der Waals surface area (Å²) in [5.74, 6) is -8.90. The molecule has 0 heterocycles. The number of hydrogen-bond donors (Lipinski definition) is 5. The first-order chi connectivity index (χ1) is 17.4. The van der Waals surface area contributed by atoms with E-state index in [9.17, 15) is 39.6 Å². The number of nitrogens with two attached hydrogens (primary N) is 1. The molecule has 200 valence electrons. The highest BCUT2D eigenvalue weighted by molar-refractivity contribution is 6.25. The summed E-state index contributed by atoms with van der Waals surface area (Å²) in [4.78, 5) is 53.5. The van der Waals surface area contributed by atoms with Gasteiger partial charge in [0.15, 0.2) is 11.4 Å². The number of unbranched alkanes of at least 4 members (excludes halogenated alkanes) is 1. The Bertz CT molecular complexity index is 1210. The molecule has 0 bridgehead atoms. The molecule has 0 radical (unpaired) electrons. The SMILES string of the molecule is CCCCOC(=O)c1ccc(O)c2c1C[C@H]1C[C@H]3C(N(C)C)C(O)C(C(N)=O)C(=O)[C@@]3(O)C(=O)C1=C2O. The Kier molecular flexibility index (Phi) is 6.91. The standard InChI is InChI=1S/C26H32N2O9/c1-4-5-8-37-25(35)12-6-7-15(29)17-13(12)9-11-10-14-19(28(2)3)21(31)18(24(27)34)23(33)26(14,36)22(32)16(11)20(17)30/h6-7,11,14,18-19,21,29-31,36H,4-5,8-10H2,1-3H3,(H2,27,34)/t11-,14-,18?,19?,21?,26-/m0/s1. The smallest absolute Gasteiger partial charge is 0.338 e. The van der Waals surface area contributed by atoms with Gasteiger partial charge in [0, 0.05) is 17.5 Å². The van der Waals surface area contributed by atoms with Crippen LogP contribution in [0.1, 0.15) is 47.7 Å². The second-order valence-corrected chi connectivity index (χ2v) is 10.3. The number of aliphatic hydroxyl groups is 3. The van der Waals surface area contributed by atoms with Crippen molar-refractivity contribution < 1.29 is 44.3 Å². The van der Waals surface area contributed by atoms with Gasteiger partial charge in [-0.2, -0.15) is 0 Å². The van der Waals surface area contributed by atoms with Gasteiger partial charge in [-0.1, -0.05) is 13.3 Å². The van der Waals surface area contributed by atoms with Gasteiger partial charge in [-0.3, -0.25) is 14.4 Å². The summed E-state index contributed by atoms with van der Waals surface area (Å²) < 4.78 is 5.33. The molecule has 1 aromatic rings. The third-order valence-corrected chi connectivity index (χ3v) is 7.92. The lowest BCUT2D eigenvalue weighted by molar-refractivity contribution is -0.184. The molecular weight excluding hydrogens is 484 g/mol. The van der Waals surface area contributed by atoms with Crippen LogP contribution >= 0.6 is 0 Å². The van der Waals surface area contributed by atoms with Gasteiger partial charge >= 0.3 is 5.97 Å². The number of hydrogen-bond acceptors (Lipinski definition) is 10. The molecule has 3 aliphatic carbocycles. The lowest BCUT2D eigenvalue weighted by Gasteiger charge is -2.53.